The lowest BCUT2D eigenvalue weighted by Gasteiger charge is -2.24. The highest BCUT2D eigenvalue weighted by Gasteiger charge is 2.43. The lowest BCUT2D eigenvalue weighted by molar-refractivity contribution is 0.0728. The maximum absolute atomic E-state index is 12.7. The van der Waals surface area contributed by atoms with Gasteiger partial charge in [0.15, 0.2) is 0 Å². The monoisotopic (exact) mass is 322 g/mol. The SMILES string of the molecule is Cc1cc(Br)cc(C(=O)N2CC3CNCC3C2C)c1. The van der Waals surface area contributed by atoms with E-state index in [2.05, 4.69) is 33.1 Å². The molecule has 2 aliphatic rings. The number of nitrogens with one attached hydrogen (secondary N) is 1. The van der Waals surface area contributed by atoms with Crippen molar-refractivity contribution in [2.75, 3.05) is 19.6 Å². The molecule has 102 valence electrons. The van der Waals surface area contributed by atoms with Crippen molar-refractivity contribution >= 4 is 21.8 Å². The molecule has 3 nitrogen and oxygen atoms in total. The minimum atomic E-state index is 0.173. The van der Waals surface area contributed by atoms with Crippen molar-refractivity contribution in [1.29, 1.82) is 0 Å². The highest BCUT2D eigenvalue weighted by Crippen LogP contribution is 2.33. The van der Waals surface area contributed by atoms with E-state index in [1.165, 1.54) is 0 Å². The number of hydrogen-bond acceptors (Lipinski definition) is 2. The average molecular weight is 323 g/mol. The van der Waals surface area contributed by atoms with Gasteiger partial charge in [0.05, 0.1) is 0 Å². The Labute approximate surface area is 122 Å². The van der Waals surface area contributed by atoms with Crippen LogP contribution in [0.1, 0.15) is 22.8 Å². The Morgan fingerprint density at radius 2 is 2.16 bits per heavy atom. The van der Waals surface area contributed by atoms with Gasteiger partial charge >= 0.3 is 0 Å². The molecule has 0 aliphatic carbocycles. The van der Waals surface area contributed by atoms with Crippen molar-refractivity contribution < 1.29 is 4.79 Å². The number of halogens is 1. The third-order valence-electron chi connectivity index (χ3n) is 4.48. The topological polar surface area (TPSA) is 32.3 Å². The maximum atomic E-state index is 12.7. The molecule has 0 radical (unpaired) electrons. The van der Waals surface area contributed by atoms with E-state index in [0.29, 0.717) is 17.9 Å². The minimum absolute atomic E-state index is 0.173. The second-order valence-electron chi connectivity index (χ2n) is 5.80. The Bertz CT molecular complexity index is 497. The van der Waals surface area contributed by atoms with Crippen LogP contribution in [-0.4, -0.2) is 36.5 Å². The predicted molar refractivity (Wildman–Crippen MR) is 79.2 cm³/mol. The first kappa shape index (κ1) is 13.1. The van der Waals surface area contributed by atoms with Gasteiger partial charge in [-0.05, 0) is 49.4 Å². The molecule has 1 aromatic rings. The van der Waals surface area contributed by atoms with Gasteiger partial charge in [0.25, 0.3) is 5.91 Å². The standard InChI is InChI=1S/C15H19BrN2O/c1-9-3-11(5-13(16)4-9)15(19)18-8-12-6-17-7-14(12)10(18)2/h3-5,10,12,14,17H,6-8H2,1-2H3. The van der Waals surface area contributed by atoms with Crippen LogP contribution in [0.25, 0.3) is 0 Å². The van der Waals surface area contributed by atoms with Crippen LogP contribution in [0, 0.1) is 18.8 Å². The summed E-state index contributed by atoms with van der Waals surface area (Å²) in [6.07, 6.45) is 0. The van der Waals surface area contributed by atoms with Crippen molar-refractivity contribution in [3.8, 4) is 0 Å². The Kier molecular flexibility index (Phi) is 3.39. The fourth-order valence-electron chi connectivity index (χ4n) is 3.46. The van der Waals surface area contributed by atoms with Crippen LogP contribution in [0.15, 0.2) is 22.7 Å². The first-order valence-electron chi connectivity index (χ1n) is 6.85. The molecule has 19 heavy (non-hydrogen) atoms. The summed E-state index contributed by atoms with van der Waals surface area (Å²) in [6.45, 7) is 7.20. The Hall–Kier alpha value is -0.870. The van der Waals surface area contributed by atoms with E-state index in [-0.39, 0.29) is 5.91 Å². The molecule has 2 aliphatic heterocycles. The van der Waals surface area contributed by atoms with Crippen molar-refractivity contribution in [2.45, 2.75) is 19.9 Å². The molecule has 2 saturated heterocycles. The van der Waals surface area contributed by atoms with Crippen LogP contribution in [0.4, 0.5) is 0 Å². The molecular formula is C15H19BrN2O. The molecular weight excluding hydrogens is 304 g/mol. The summed E-state index contributed by atoms with van der Waals surface area (Å²) in [7, 11) is 0. The summed E-state index contributed by atoms with van der Waals surface area (Å²) in [5.41, 5.74) is 1.91. The maximum Gasteiger partial charge on any atom is 0.254 e. The fraction of sp³-hybridized carbons (Fsp3) is 0.533. The van der Waals surface area contributed by atoms with Gasteiger partial charge in [-0.15, -0.1) is 0 Å². The lowest BCUT2D eigenvalue weighted by Crippen LogP contribution is -2.38. The summed E-state index contributed by atoms with van der Waals surface area (Å²) in [5.74, 6) is 1.43. The zero-order valence-electron chi connectivity index (χ0n) is 11.3. The van der Waals surface area contributed by atoms with E-state index in [9.17, 15) is 4.79 Å². The van der Waals surface area contributed by atoms with Gasteiger partial charge in [-0.1, -0.05) is 15.9 Å². The number of fused-ring (bicyclic) bond motifs is 1. The number of likely N-dealkylation sites (tertiary alicyclic amines) is 1. The van der Waals surface area contributed by atoms with Crippen LogP contribution >= 0.6 is 15.9 Å². The molecule has 4 heteroatoms. The molecule has 0 bridgehead atoms. The number of amides is 1. The van der Waals surface area contributed by atoms with E-state index in [1.807, 2.05) is 25.1 Å². The molecule has 2 fully saturated rings. The van der Waals surface area contributed by atoms with Gasteiger partial charge in [-0.2, -0.15) is 0 Å². The van der Waals surface area contributed by atoms with Crippen LogP contribution < -0.4 is 5.32 Å². The van der Waals surface area contributed by atoms with Gasteiger partial charge < -0.3 is 10.2 Å². The van der Waals surface area contributed by atoms with Gasteiger partial charge in [-0.3, -0.25) is 4.79 Å². The first-order chi connectivity index (χ1) is 9.06. The Morgan fingerprint density at radius 1 is 1.37 bits per heavy atom. The number of nitrogens with zero attached hydrogens (tertiary/aromatic N) is 1. The molecule has 3 unspecified atom stereocenters. The molecule has 0 aromatic heterocycles. The van der Waals surface area contributed by atoms with Gasteiger partial charge in [-0.25, -0.2) is 0 Å². The van der Waals surface area contributed by atoms with Crippen LogP contribution in [0.5, 0.6) is 0 Å². The van der Waals surface area contributed by atoms with Crippen LogP contribution in [0.3, 0.4) is 0 Å². The summed E-state index contributed by atoms with van der Waals surface area (Å²) >= 11 is 3.47. The number of hydrogen-bond donors (Lipinski definition) is 1. The highest BCUT2D eigenvalue weighted by atomic mass is 79.9. The molecule has 2 heterocycles. The number of carbonyl (C=O) groups is 1. The van der Waals surface area contributed by atoms with E-state index in [4.69, 9.17) is 0 Å². The average Bonchev–Trinajstić information content (AvgIpc) is 2.91. The highest BCUT2D eigenvalue weighted by molar-refractivity contribution is 9.10. The van der Waals surface area contributed by atoms with Crippen molar-refractivity contribution in [3.05, 3.63) is 33.8 Å². The van der Waals surface area contributed by atoms with Crippen LogP contribution in [-0.2, 0) is 0 Å². The van der Waals surface area contributed by atoms with Crippen molar-refractivity contribution in [2.24, 2.45) is 11.8 Å². The predicted octanol–water partition coefficient (Wildman–Crippen LogP) is 2.44. The molecule has 1 aromatic carbocycles. The minimum Gasteiger partial charge on any atom is -0.335 e. The number of rotatable bonds is 1. The zero-order chi connectivity index (χ0) is 13.6. The quantitative estimate of drug-likeness (QED) is 0.861. The summed E-state index contributed by atoms with van der Waals surface area (Å²) in [5, 5.41) is 3.43. The second kappa shape index (κ2) is 4.91. The molecule has 1 N–H and O–H groups in total. The van der Waals surface area contributed by atoms with E-state index in [1.54, 1.807) is 0 Å². The smallest absolute Gasteiger partial charge is 0.254 e. The number of aryl methyl sites for hydroxylation is 1. The lowest BCUT2D eigenvalue weighted by atomic mass is 9.95. The third kappa shape index (κ3) is 2.32. The first-order valence-corrected chi connectivity index (χ1v) is 7.64. The molecule has 0 spiro atoms. The Balaban J connectivity index is 1.84. The van der Waals surface area contributed by atoms with Gasteiger partial charge in [0.2, 0.25) is 0 Å². The van der Waals surface area contributed by atoms with Gasteiger partial charge in [0, 0.05) is 35.7 Å². The Morgan fingerprint density at radius 3 is 2.84 bits per heavy atom. The van der Waals surface area contributed by atoms with E-state index in [0.717, 1.165) is 35.2 Å². The normalized spacial score (nSPS) is 29.6. The third-order valence-corrected chi connectivity index (χ3v) is 4.94. The second-order valence-corrected chi connectivity index (χ2v) is 6.71. The van der Waals surface area contributed by atoms with Gasteiger partial charge in [0.1, 0.15) is 0 Å². The van der Waals surface area contributed by atoms with Crippen LogP contribution in [0.2, 0.25) is 0 Å². The van der Waals surface area contributed by atoms with E-state index < -0.39 is 0 Å². The molecule has 3 rings (SSSR count). The summed E-state index contributed by atoms with van der Waals surface area (Å²) in [6, 6.07) is 6.27. The number of carbonyl (C=O) groups excluding carboxylic acids is 1. The molecule has 0 saturated carbocycles. The molecule has 1 amide bonds. The van der Waals surface area contributed by atoms with Crippen molar-refractivity contribution in [1.82, 2.24) is 10.2 Å². The fourth-order valence-corrected chi connectivity index (χ4v) is 4.07. The molecule has 3 atom stereocenters. The zero-order valence-corrected chi connectivity index (χ0v) is 12.9. The number of benzene rings is 1. The summed E-state index contributed by atoms with van der Waals surface area (Å²) < 4.78 is 0.976. The van der Waals surface area contributed by atoms with Crippen molar-refractivity contribution in [3.63, 3.8) is 0 Å². The largest absolute Gasteiger partial charge is 0.335 e. The van der Waals surface area contributed by atoms with E-state index >= 15 is 0 Å². The summed E-state index contributed by atoms with van der Waals surface area (Å²) in [4.78, 5) is 14.7.